The lowest BCUT2D eigenvalue weighted by Crippen LogP contribution is -1.97. The van der Waals surface area contributed by atoms with Crippen molar-refractivity contribution < 1.29 is 19.2 Å². The van der Waals surface area contributed by atoms with Crippen LogP contribution in [-0.2, 0) is 4.57 Å². The number of phosphoric acid groups is 1. The molecule has 0 heterocycles. The van der Waals surface area contributed by atoms with Gasteiger partial charge in [-0.3, -0.25) is 0 Å². The summed E-state index contributed by atoms with van der Waals surface area (Å²) in [5.41, 5.74) is 0. The van der Waals surface area contributed by atoms with Crippen LogP contribution in [0.15, 0.2) is 30.3 Å². The molecule has 0 aliphatic heterocycles. The van der Waals surface area contributed by atoms with Gasteiger partial charge in [-0.05, 0) is 0 Å². The summed E-state index contributed by atoms with van der Waals surface area (Å²) in [6.07, 6.45) is 0. The fourth-order valence-electron chi connectivity index (χ4n) is 0.534. The van der Waals surface area contributed by atoms with Crippen LogP contribution in [0.5, 0.6) is 0 Å². The standard InChI is InChI=1S/C6H5.Al.H3O4P.2H/c1-2-4-6-5-3-1;;1-5(2,3)4;;/h1-5H;;(H3,1,2,3,4);;. The Labute approximate surface area is 78.5 Å². The summed E-state index contributed by atoms with van der Waals surface area (Å²) >= 11 is 1.17. The van der Waals surface area contributed by atoms with Gasteiger partial charge in [-0.1, -0.05) is 30.3 Å². The average molecular weight is 204 g/mol. The van der Waals surface area contributed by atoms with Crippen molar-refractivity contribution in [2.75, 3.05) is 0 Å². The van der Waals surface area contributed by atoms with Gasteiger partial charge in [0.15, 0.2) is 0 Å². The summed E-state index contributed by atoms with van der Waals surface area (Å²) in [4.78, 5) is 21.6. The Balaban J connectivity index is 0.000000217. The molecule has 0 saturated heterocycles. The van der Waals surface area contributed by atoms with Gasteiger partial charge in [0.25, 0.3) is 16.3 Å². The highest BCUT2D eigenvalue weighted by molar-refractivity contribution is 7.45. The van der Waals surface area contributed by atoms with E-state index < -0.39 is 7.82 Å². The smallest absolute Gasteiger partial charge is 0.303 e. The minimum absolute atomic E-state index is 1.17. The predicted molar refractivity (Wildman–Crippen MR) is 48.9 cm³/mol. The first-order valence-electron chi connectivity index (χ1n) is 3.19. The first-order chi connectivity index (χ1) is 5.39. The van der Waals surface area contributed by atoms with E-state index in [1.807, 2.05) is 6.07 Å². The Kier molecular flexibility index (Phi) is 5.44. The highest BCUT2D eigenvalue weighted by Gasteiger charge is 2.00. The van der Waals surface area contributed by atoms with Crippen molar-refractivity contribution in [2.45, 2.75) is 0 Å². The van der Waals surface area contributed by atoms with Crippen LogP contribution in [0.2, 0.25) is 0 Å². The Morgan fingerprint density at radius 1 is 1.08 bits per heavy atom. The zero-order valence-electron chi connectivity index (χ0n) is 6.58. The Morgan fingerprint density at radius 2 is 1.42 bits per heavy atom. The highest BCUT2D eigenvalue weighted by atomic mass is 31.2. The van der Waals surface area contributed by atoms with Gasteiger partial charge in [-0.2, -0.15) is 0 Å². The van der Waals surface area contributed by atoms with Gasteiger partial charge in [0.05, 0.1) is 0 Å². The molecular formula is C6H10AlO4P. The molecule has 1 aromatic carbocycles. The Hall–Kier alpha value is -0.138. The molecule has 0 atom stereocenters. The van der Waals surface area contributed by atoms with Crippen LogP contribution < -0.4 is 4.43 Å². The van der Waals surface area contributed by atoms with Crippen LogP contribution in [0.4, 0.5) is 0 Å². The minimum atomic E-state index is -4.64. The molecule has 0 aliphatic carbocycles. The van der Waals surface area contributed by atoms with Crippen molar-refractivity contribution in [1.29, 1.82) is 0 Å². The molecule has 0 radical (unpaired) electrons. The maximum Gasteiger partial charge on any atom is 0.466 e. The van der Waals surface area contributed by atoms with Crippen molar-refractivity contribution >= 4 is 28.5 Å². The van der Waals surface area contributed by atoms with Gasteiger partial charge in [0, 0.05) is 0 Å². The maximum absolute atomic E-state index is 8.88. The van der Waals surface area contributed by atoms with E-state index in [9.17, 15) is 0 Å². The van der Waals surface area contributed by atoms with E-state index in [2.05, 4.69) is 24.3 Å². The normalized spacial score (nSPS) is 9.92. The molecule has 0 unspecified atom stereocenters. The van der Waals surface area contributed by atoms with E-state index >= 15 is 0 Å². The summed E-state index contributed by atoms with van der Waals surface area (Å²) in [6, 6.07) is 10.5. The van der Waals surface area contributed by atoms with Crippen molar-refractivity contribution in [3.63, 3.8) is 0 Å². The Morgan fingerprint density at radius 3 is 1.58 bits per heavy atom. The van der Waals surface area contributed by atoms with Gasteiger partial charge in [0.1, 0.15) is 0 Å². The zero-order valence-corrected chi connectivity index (χ0v) is 9.48. The molecule has 0 spiro atoms. The first-order valence-corrected chi connectivity index (χ1v) is 5.76. The van der Waals surface area contributed by atoms with Crippen LogP contribution >= 0.6 is 7.82 Å². The second kappa shape index (κ2) is 5.50. The summed E-state index contributed by atoms with van der Waals surface area (Å²) in [5, 5.41) is 0. The van der Waals surface area contributed by atoms with Crippen LogP contribution in [0.3, 0.4) is 0 Å². The molecule has 0 fully saturated rings. The van der Waals surface area contributed by atoms with Gasteiger partial charge in [-0.15, -0.1) is 4.43 Å². The average Bonchev–Trinajstić information content (AvgIpc) is 1.85. The van der Waals surface area contributed by atoms with E-state index in [1.54, 1.807) is 0 Å². The van der Waals surface area contributed by atoms with Gasteiger partial charge < -0.3 is 14.7 Å². The lowest BCUT2D eigenvalue weighted by atomic mass is 10.4. The monoisotopic (exact) mass is 204 g/mol. The van der Waals surface area contributed by atoms with Gasteiger partial charge >= 0.3 is 7.82 Å². The number of hydrogen-bond donors (Lipinski definition) is 3. The SMILES string of the molecule is O=P(O)(O)O.[AlH2][c]1ccccc1. The van der Waals surface area contributed by atoms with E-state index in [0.29, 0.717) is 0 Å². The largest absolute Gasteiger partial charge is 0.466 e. The van der Waals surface area contributed by atoms with E-state index in [1.165, 1.54) is 20.7 Å². The quantitative estimate of drug-likeness (QED) is 0.375. The minimum Gasteiger partial charge on any atom is -0.303 e. The van der Waals surface area contributed by atoms with E-state index in [0.717, 1.165) is 0 Å². The third kappa shape index (κ3) is 12.5. The van der Waals surface area contributed by atoms with E-state index in [-0.39, 0.29) is 0 Å². The van der Waals surface area contributed by atoms with Gasteiger partial charge in [-0.25, -0.2) is 4.57 Å². The fourth-order valence-corrected chi connectivity index (χ4v) is 0.919. The van der Waals surface area contributed by atoms with E-state index in [4.69, 9.17) is 19.2 Å². The molecule has 4 nitrogen and oxygen atoms in total. The van der Waals surface area contributed by atoms with Crippen molar-refractivity contribution in [1.82, 2.24) is 0 Å². The summed E-state index contributed by atoms with van der Waals surface area (Å²) in [6.45, 7) is 0. The summed E-state index contributed by atoms with van der Waals surface area (Å²) in [5.74, 6) is 0. The lowest BCUT2D eigenvalue weighted by Gasteiger charge is -1.83. The molecule has 0 aliphatic rings. The topological polar surface area (TPSA) is 77.8 Å². The number of benzene rings is 1. The molecular weight excluding hydrogens is 194 g/mol. The third-order valence-corrected chi connectivity index (χ3v) is 1.61. The summed E-state index contributed by atoms with van der Waals surface area (Å²) in [7, 11) is -4.64. The molecule has 6 heteroatoms. The van der Waals surface area contributed by atoms with Gasteiger partial charge in [0.2, 0.25) is 0 Å². The van der Waals surface area contributed by atoms with Crippen LogP contribution in [-0.4, -0.2) is 31.0 Å². The van der Waals surface area contributed by atoms with Crippen molar-refractivity contribution in [3.05, 3.63) is 30.3 Å². The van der Waals surface area contributed by atoms with Crippen LogP contribution in [0.25, 0.3) is 0 Å². The highest BCUT2D eigenvalue weighted by Crippen LogP contribution is 2.25. The molecule has 1 rings (SSSR count). The predicted octanol–water partition coefficient (Wildman–Crippen LogP) is -0.984. The Bertz CT molecular complexity index is 249. The second-order valence-corrected chi connectivity index (χ2v) is 4.35. The fraction of sp³-hybridized carbons (Fsp3) is 0. The third-order valence-electron chi connectivity index (χ3n) is 0.940. The zero-order chi connectivity index (χ0) is 9.61. The van der Waals surface area contributed by atoms with Crippen molar-refractivity contribution in [3.8, 4) is 0 Å². The molecule has 66 valence electrons. The van der Waals surface area contributed by atoms with Crippen LogP contribution in [0, 0.1) is 0 Å². The lowest BCUT2D eigenvalue weighted by molar-refractivity contribution is 0.275. The molecule has 1 aromatic rings. The molecule has 12 heavy (non-hydrogen) atoms. The van der Waals surface area contributed by atoms with Crippen molar-refractivity contribution in [2.24, 2.45) is 0 Å². The molecule has 0 amide bonds. The molecule has 0 saturated carbocycles. The second-order valence-electron chi connectivity index (χ2n) is 2.17. The maximum atomic E-state index is 8.88. The molecule has 3 N–H and O–H groups in total. The number of hydrogen-bond acceptors (Lipinski definition) is 1. The molecule has 0 bridgehead atoms. The first kappa shape index (κ1) is 11.9. The van der Waals surface area contributed by atoms with Crippen LogP contribution in [0.1, 0.15) is 0 Å². The number of rotatable bonds is 0. The summed E-state index contributed by atoms with van der Waals surface area (Å²) < 4.78 is 10.3. The molecule has 0 aromatic heterocycles.